The van der Waals surface area contributed by atoms with Crippen molar-refractivity contribution < 1.29 is 4.79 Å². The molecule has 6 heteroatoms. The second-order valence-electron chi connectivity index (χ2n) is 7.91. The molecule has 0 spiro atoms. The van der Waals surface area contributed by atoms with E-state index >= 15 is 0 Å². The van der Waals surface area contributed by atoms with Crippen LogP contribution in [0.5, 0.6) is 0 Å². The van der Waals surface area contributed by atoms with Crippen molar-refractivity contribution in [3.63, 3.8) is 0 Å². The molecular weight excluding hydrogens is 340 g/mol. The van der Waals surface area contributed by atoms with Crippen molar-refractivity contribution in [2.45, 2.75) is 39.7 Å². The van der Waals surface area contributed by atoms with E-state index in [1.54, 1.807) is 10.8 Å². The van der Waals surface area contributed by atoms with Gasteiger partial charge in [0.1, 0.15) is 5.52 Å². The van der Waals surface area contributed by atoms with Crippen LogP contribution in [-0.2, 0) is 11.3 Å². The van der Waals surface area contributed by atoms with Gasteiger partial charge in [-0.1, -0.05) is 13.8 Å². The SMILES string of the molecule is C[C@@H]1C[C@H](C)CN(C(=O)CCCn2c(=O)c3cccn3c3cccnc32)C1. The van der Waals surface area contributed by atoms with E-state index in [0.29, 0.717) is 42.4 Å². The van der Waals surface area contributed by atoms with Crippen molar-refractivity contribution in [1.29, 1.82) is 0 Å². The van der Waals surface area contributed by atoms with E-state index in [4.69, 9.17) is 0 Å². The van der Waals surface area contributed by atoms with E-state index < -0.39 is 0 Å². The molecule has 0 N–H and O–H groups in total. The van der Waals surface area contributed by atoms with Crippen LogP contribution in [0.25, 0.3) is 16.7 Å². The third-order valence-electron chi connectivity index (χ3n) is 5.49. The Morgan fingerprint density at radius 3 is 2.67 bits per heavy atom. The number of aromatic nitrogens is 3. The van der Waals surface area contributed by atoms with E-state index in [9.17, 15) is 9.59 Å². The molecule has 27 heavy (non-hydrogen) atoms. The third kappa shape index (κ3) is 3.36. The van der Waals surface area contributed by atoms with Gasteiger partial charge in [0.2, 0.25) is 5.91 Å². The standard InChI is InChI=1S/C21H26N4O2/c1-15-12-16(2)14-23(13-15)19(26)8-5-11-25-20-17(6-3-9-22-20)24-10-4-7-18(24)21(25)27/h3-4,6-7,9-10,15-16H,5,8,11-14H2,1-2H3/t15-,16+. The van der Waals surface area contributed by atoms with E-state index in [1.807, 2.05) is 39.8 Å². The summed E-state index contributed by atoms with van der Waals surface area (Å²) >= 11 is 0. The van der Waals surface area contributed by atoms with Gasteiger partial charge < -0.3 is 9.30 Å². The highest BCUT2D eigenvalue weighted by molar-refractivity contribution is 5.77. The zero-order valence-electron chi connectivity index (χ0n) is 16.0. The summed E-state index contributed by atoms with van der Waals surface area (Å²) in [6, 6.07) is 7.54. The molecule has 3 aromatic heterocycles. The van der Waals surface area contributed by atoms with Gasteiger partial charge in [0.15, 0.2) is 5.65 Å². The largest absolute Gasteiger partial charge is 0.342 e. The van der Waals surface area contributed by atoms with Gasteiger partial charge >= 0.3 is 0 Å². The first kappa shape index (κ1) is 17.8. The lowest BCUT2D eigenvalue weighted by Gasteiger charge is -2.35. The first-order valence-corrected chi connectivity index (χ1v) is 9.77. The number of amides is 1. The first-order chi connectivity index (χ1) is 13.0. The summed E-state index contributed by atoms with van der Waals surface area (Å²) < 4.78 is 3.59. The zero-order valence-corrected chi connectivity index (χ0v) is 16.0. The van der Waals surface area contributed by atoms with Gasteiger partial charge in [-0.3, -0.25) is 14.2 Å². The topological polar surface area (TPSA) is 59.6 Å². The Kier molecular flexibility index (Phi) is 4.72. The Labute approximate surface area is 158 Å². The van der Waals surface area contributed by atoms with Crippen LogP contribution in [0.2, 0.25) is 0 Å². The van der Waals surface area contributed by atoms with E-state index in [-0.39, 0.29) is 11.5 Å². The molecule has 142 valence electrons. The molecule has 3 aromatic rings. The lowest BCUT2D eigenvalue weighted by molar-refractivity contribution is -0.134. The summed E-state index contributed by atoms with van der Waals surface area (Å²) in [5, 5.41) is 0. The Morgan fingerprint density at radius 1 is 1.15 bits per heavy atom. The molecule has 1 aliphatic rings. The predicted molar refractivity (Wildman–Crippen MR) is 106 cm³/mol. The number of likely N-dealkylation sites (tertiary alicyclic amines) is 1. The second-order valence-corrected chi connectivity index (χ2v) is 7.91. The highest BCUT2D eigenvalue weighted by Gasteiger charge is 2.25. The van der Waals surface area contributed by atoms with E-state index in [1.165, 1.54) is 6.42 Å². The van der Waals surface area contributed by atoms with Crippen LogP contribution in [-0.4, -0.2) is 37.8 Å². The molecular formula is C21H26N4O2. The van der Waals surface area contributed by atoms with Gasteiger partial charge in [0.25, 0.3) is 5.56 Å². The van der Waals surface area contributed by atoms with Crippen LogP contribution in [0, 0.1) is 11.8 Å². The summed E-state index contributed by atoms with van der Waals surface area (Å²) in [5.74, 6) is 1.32. The maximum absolute atomic E-state index is 12.9. The molecule has 4 heterocycles. The Morgan fingerprint density at radius 2 is 1.89 bits per heavy atom. The minimum Gasteiger partial charge on any atom is -0.342 e. The number of rotatable bonds is 4. The number of hydrogen-bond donors (Lipinski definition) is 0. The number of carbonyl (C=O) groups is 1. The number of pyridine rings is 1. The lowest BCUT2D eigenvalue weighted by Crippen LogP contribution is -2.42. The molecule has 0 bridgehead atoms. The van der Waals surface area contributed by atoms with Gasteiger partial charge in [0.05, 0.1) is 5.52 Å². The van der Waals surface area contributed by atoms with Gasteiger partial charge in [-0.2, -0.15) is 0 Å². The summed E-state index contributed by atoms with van der Waals surface area (Å²) in [5.41, 5.74) is 2.15. The predicted octanol–water partition coefficient (Wildman–Crippen LogP) is 2.93. The molecule has 0 aliphatic carbocycles. The van der Waals surface area contributed by atoms with Gasteiger partial charge in [-0.25, -0.2) is 4.98 Å². The average Bonchev–Trinajstić information content (AvgIpc) is 3.14. The molecule has 1 saturated heterocycles. The highest BCUT2D eigenvalue weighted by Crippen LogP contribution is 2.22. The maximum Gasteiger partial charge on any atom is 0.276 e. The summed E-state index contributed by atoms with van der Waals surface area (Å²) in [4.78, 5) is 31.9. The quantitative estimate of drug-likeness (QED) is 0.713. The molecule has 0 radical (unpaired) electrons. The van der Waals surface area contributed by atoms with Crippen molar-refractivity contribution in [3.05, 3.63) is 47.0 Å². The van der Waals surface area contributed by atoms with Crippen LogP contribution in [0.3, 0.4) is 0 Å². The molecule has 4 rings (SSSR count). The van der Waals surface area contributed by atoms with E-state index in [0.717, 1.165) is 18.6 Å². The number of aryl methyl sites for hydroxylation is 1. The molecule has 6 nitrogen and oxygen atoms in total. The monoisotopic (exact) mass is 366 g/mol. The molecule has 2 atom stereocenters. The van der Waals surface area contributed by atoms with Crippen LogP contribution in [0.15, 0.2) is 41.5 Å². The highest BCUT2D eigenvalue weighted by atomic mass is 16.2. The van der Waals surface area contributed by atoms with Crippen LogP contribution >= 0.6 is 0 Å². The average molecular weight is 366 g/mol. The zero-order chi connectivity index (χ0) is 19.0. The van der Waals surface area contributed by atoms with Crippen molar-refractivity contribution in [1.82, 2.24) is 18.9 Å². The minimum atomic E-state index is -0.0566. The maximum atomic E-state index is 12.9. The van der Waals surface area contributed by atoms with Gasteiger partial charge in [-0.15, -0.1) is 0 Å². The Hall–Kier alpha value is -2.63. The molecule has 0 unspecified atom stereocenters. The van der Waals surface area contributed by atoms with Gasteiger partial charge in [0, 0.05) is 38.4 Å². The summed E-state index contributed by atoms with van der Waals surface area (Å²) in [6.07, 6.45) is 5.88. The van der Waals surface area contributed by atoms with Crippen LogP contribution in [0.4, 0.5) is 0 Å². The van der Waals surface area contributed by atoms with Crippen molar-refractivity contribution in [3.8, 4) is 0 Å². The lowest BCUT2D eigenvalue weighted by atomic mass is 9.91. The normalized spacial score (nSPS) is 20.4. The van der Waals surface area contributed by atoms with Crippen molar-refractivity contribution in [2.24, 2.45) is 11.8 Å². The number of piperidine rings is 1. The molecule has 1 amide bonds. The third-order valence-corrected chi connectivity index (χ3v) is 5.49. The molecule has 1 fully saturated rings. The summed E-state index contributed by atoms with van der Waals surface area (Å²) in [7, 11) is 0. The van der Waals surface area contributed by atoms with Crippen LogP contribution < -0.4 is 5.56 Å². The second kappa shape index (κ2) is 7.18. The van der Waals surface area contributed by atoms with Crippen molar-refractivity contribution in [2.75, 3.05) is 13.1 Å². The fourth-order valence-electron chi connectivity index (χ4n) is 4.40. The minimum absolute atomic E-state index is 0.0566. The smallest absolute Gasteiger partial charge is 0.276 e. The fraction of sp³-hybridized carbons (Fsp3) is 0.476. The molecule has 0 aromatic carbocycles. The Balaban J connectivity index is 1.53. The molecule has 0 saturated carbocycles. The first-order valence-electron chi connectivity index (χ1n) is 9.77. The van der Waals surface area contributed by atoms with Crippen LogP contribution in [0.1, 0.15) is 33.1 Å². The number of nitrogens with zero attached hydrogens (tertiary/aromatic N) is 4. The van der Waals surface area contributed by atoms with Gasteiger partial charge in [-0.05, 0) is 48.9 Å². The number of carbonyl (C=O) groups excluding carboxylic acids is 1. The number of fused-ring (bicyclic) bond motifs is 3. The molecule has 1 aliphatic heterocycles. The Bertz CT molecular complexity index is 1030. The summed E-state index contributed by atoms with van der Waals surface area (Å²) in [6.45, 7) is 6.62. The van der Waals surface area contributed by atoms with Crippen molar-refractivity contribution >= 4 is 22.6 Å². The number of hydrogen-bond acceptors (Lipinski definition) is 3. The van der Waals surface area contributed by atoms with E-state index in [2.05, 4.69) is 18.8 Å². The fourth-order valence-corrected chi connectivity index (χ4v) is 4.40.